The van der Waals surface area contributed by atoms with Gasteiger partial charge in [-0.15, -0.1) is 0 Å². The number of morpholine rings is 1. The highest BCUT2D eigenvalue weighted by atomic mass is 16.5. The molecule has 1 spiro atoms. The van der Waals surface area contributed by atoms with Crippen molar-refractivity contribution in [3.05, 3.63) is 24.3 Å². The number of anilines is 2. The van der Waals surface area contributed by atoms with Crippen LogP contribution in [0, 0.1) is 5.92 Å². The van der Waals surface area contributed by atoms with Crippen molar-refractivity contribution in [2.75, 3.05) is 56.7 Å². The Kier molecular flexibility index (Phi) is 7.06. The van der Waals surface area contributed by atoms with Gasteiger partial charge in [-0.05, 0) is 43.0 Å². The summed E-state index contributed by atoms with van der Waals surface area (Å²) in [7, 11) is 1.49. The Morgan fingerprint density at radius 2 is 1.88 bits per heavy atom. The van der Waals surface area contributed by atoms with Gasteiger partial charge < -0.3 is 25.2 Å². The molecule has 0 aromatic heterocycles. The minimum Gasteiger partial charge on any atom is -0.378 e. The predicted molar refractivity (Wildman–Crippen MR) is 126 cm³/mol. The quantitative estimate of drug-likeness (QED) is 0.607. The van der Waals surface area contributed by atoms with Crippen LogP contribution >= 0.6 is 0 Å². The lowest BCUT2D eigenvalue weighted by molar-refractivity contribution is -0.140. The molecular weight excluding hydrogens is 438 g/mol. The number of rotatable bonds is 6. The first kappa shape index (κ1) is 24.0. The number of carbonyl (C=O) groups is 4. The number of likely N-dealkylation sites (N-methyl/N-ethyl adjacent to an activating group) is 1. The average molecular weight is 472 g/mol. The number of carbonyl (C=O) groups excluding carboxylic acids is 4. The van der Waals surface area contributed by atoms with Crippen LogP contribution in [0.4, 0.5) is 16.2 Å². The van der Waals surface area contributed by atoms with Gasteiger partial charge in [-0.3, -0.25) is 19.3 Å². The van der Waals surface area contributed by atoms with Crippen molar-refractivity contribution in [2.45, 2.75) is 38.1 Å². The summed E-state index contributed by atoms with van der Waals surface area (Å²) in [6, 6.07) is 6.99. The van der Waals surface area contributed by atoms with Crippen LogP contribution in [0.5, 0.6) is 0 Å². The predicted octanol–water partition coefficient (Wildman–Crippen LogP) is 1.42. The van der Waals surface area contributed by atoms with Crippen molar-refractivity contribution in [1.29, 1.82) is 0 Å². The van der Waals surface area contributed by atoms with Crippen LogP contribution in [0.15, 0.2) is 24.3 Å². The Balaban J connectivity index is 1.29. The summed E-state index contributed by atoms with van der Waals surface area (Å²) in [6.07, 6.45) is 3.34. The summed E-state index contributed by atoms with van der Waals surface area (Å²) in [5.41, 5.74) is 0.788. The first-order valence-electron chi connectivity index (χ1n) is 11.9. The van der Waals surface area contributed by atoms with Gasteiger partial charge in [-0.2, -0.15) is 0 Å². The molecule has 2 N–H and O–H groups in total. The summed E-state index contributed by atoms with van der Waals surface area (Å²) in [5, 5.41) is 5.63. The zero-order chi connectivity index (χ0) is 24.3. The number of nitrogens with one attached hydrogen (secondary N) is 2. The average Bonchev–Trinajstić information content (AvgIpc) is 3.06. The number of amides is 5. The second-order valence-electron chi connectivity index (χ2n) is 9.38. The maximum absolute atomic E-state index is 13.0. The Morgan fingerprint density at radius 3 is 2.56 bits per heavy atom. The Hall–Kier alpha value is -3.14. The maximum Gasteiger partial charge on any atom is 0.325 e. The van der Waals surface area contributed by atoms with Gasteiger partial charge in [-0.1, -0.05) is 19.8 Å². The SMILES string of the molecule is CC1CCCCC12NC(=O)N(CC(=O)N(C)CC(=O)Nc1ccc(N3CCOCC3)cc1)C2=O. The van der Waals surface area contributed by atoms with Gasteiger partial charge >= 0.3 is 6.03 Å². The molecular formula is C24H33N5O5. The molecule has 3 aliphatic rings. The van der Waals surface area contributed by atoms with Crippen LogP contribution in [0.1, 0.15) is 32.6 Å². The van der Waals surface area contributed by atoms with Crippen molar-refractivity contribution in [3.63, 3.8) is 0 Å². The highest BCUT2D eigenvalue weighted by Crippen LogP contribution is 2.38. The molecule has 2 saturated heterocycles. The van der Waals surface area contributed by atoms with Gasteiger partial charge in [0.2, 0.25) is 11.8 Å². The lowest BCUT2D eigenvalue weighted by Gasteiger charge is -2.36. The third-order valence-electron chi connectivity index (χ3n) is 7.13. The summed E-state index contributed by atoms with van der Waals surface area (Å²) in [5.74, 6) is -1.14. The molecule has 5 amide bonds. The molecule has 3 fully saturated rings. The lowest BCUT2D eigenvalue weighted by Crippen LogP contribution is -2.54. The largest absolute Gasteiger partial charge is 0.378 e. The highest BCUT2D eigenvalue weighted by molar-refractivity contribution is 6.09. The molecule has 10 heteroatoms. The van der Waals surface area contributed by atoms with E-state index in [-0.39, 0.29) is 30.8 Å². The number of ether oxygens (including phenoxy) is 1. The van der Waals surface area contributed by atoms with E-state index in [9.17, 15) is 19.2 Å². The number of nitrogens with zero attached hydrogens (tertiary/aromatic N) is 3. The van der Waals surface area contributed by atoms with Gasteiger partial charge in [-0.25, -0.2) is 4.79 Å². The van der Waals surface area contributed by atoms with Crippen molar-refractivity contribution in [3.8, 4) is 0 Å². The molecule has 1 aromatic rings. The number of hydrogen-bond acceptors (Lipinski definition) is 6. The summed E-state index contributed by atoms with van der Waals surface area (Å²) in [4.78, 5) is 55.2. The third-order valence-corrected chi connectivity index (χ3v) is 7.13. The van der Waals surface area contributed by atoms with E-state index in [0.717, 1.165) is 42.9 Å². The van der Waals surface area contributed by atoms with E-state index >= 15 is 0 Å². The molecule has 1 aliphatic carbocycles. The lowest BCUT2D eigenvalue weighted by atomic mass is 9.73. The Bertz CT molecular complexity index is 946. The van der Waals surface area contributed by atoms with Gasteiger partial charge in [0.1, 0.15) is 12.1 Å². The van der Waals surface area contributed by atoms with Crippen molar-refractivity contribution < 1.29 is 23.9 Å². The van der Waals surface area contributed by atoms with Crippen molar-refractivity contribution in [2.24, 2.45) is 5.92 Å². The number of imide groups is 1. The fraction of sp³-hybridized carbons (Fsp3) is 0.583. The summed E-state index contributed by atoms with van der Waals surface area (Å²) < 4.78 is 5.37. The second kappa shape index (κ2) is 10.0. The van der Waals surface area contributed by atoms with Crippen LogP contribution in [-0.2, 0) is 19.1 Å². The summed E-state index contributed by atoms with van der Waals surface area (Å²) in [6.45, 7) is 4.46. The van der Waals surface area contributed by atoms with E-state index < -0.39 is 17.5 Å². The Labute approximate surface area is 199 Å². The highest BCUT2D eigenvalue weighted by Gasteiger charge is 2.55. The van der Waals surface area contributed by atoms with Crippen molar-refractivity contribution in [1.82, 2.24) is 15.1 Å². The van der Waals surface area contributed by atoms with E-state index in [2.05, 4.69) is 15.5 Å². The monoisotopic (exact) mass is 471 g/mol. The third kappa shape index (κ3) is 4.86. The van der Waals surface area contributed by atoms with Crippen molar-refractivity contribution >= 4 is 35.1 Å². The first-order chi connectivity index (χ1) is 16.3. The normalized spacial score (nSPS) is 24.8. The van der Waals surface area contributed by atoms with E-state index in [1.54, 1.807) is 0 Å². The van der Waals surface area contributed by atoms with Crippen LogP contribution in [0.25, 0.3) is 0 Å². The zero-order valence-electron chi connectivity index (χ0n) is 19.8. The van der Waals surface area contributed by atoms with Crippen LogP contribution in [-0.4, -0.2) is 85.5 Å². The molecule has 1 saturated carbocycles. The molecule has 0 radical (unpaired) electrons. The maximum atomic E-state index is 13.0. The molecule has 2 atom stereocenters. The molecule has 4 rings (SSSR count). The summed E-state index contributed by atoms with van der Waals surface area (Å²) >= 11 is 0. The Morgan fingerprint density at radius 1 is 1.18 bits per heavy atom. The van der Waals surface area contributed by atoms with Gasteiger partial charge in [0.05, 0.1) is 19.8 Å². The topological polar surface area (TPSA) is 111 Å². The van der Waals surface area contributed by atoms with Crippen LogP contribution in [0.2, 0.25) is 0 Å². The molecule has 2 unspecified atom stereocenters. The fourth-order valence-electron chi connectivity index (χ4n) is 4.98. The minimum absolute atomic E-state index is 0.0240. The van der Waals surface area contributed by atoms with E-state index in [4.69, 9.17) is 4.74 Å². The van der Waals surface area contributed by atoms with Gasteiger partial charge in [0.25, 0.3) is 5.91 Å². The van der Waals surface area contributed by atoms with Crippen LogP contribution < -0.4 is 15.5 Å². The minimum atomic E-state index is -0.904. The van der Waals surface area contributed by atoms with E-state index in [1.165, 1.54) is 11.9 Å². The fourth-order valence-corrected chi connectivity index (χ4v) is 4.98. The number of hydrogen-bond donors (Lipinski definition) is 2. The van der Waals surface area contributed by atoms with Gasteiger partial charge in [0.15, 0.2) is 0 Å². The van der Waals surface area contributed by atoms with E-state index in [0.29, 0.717) is 25.3 Å². The van der Waals surface area contributed by atoms with Crippen LogP contribution in [0.3, 0.4) is 0 Å². The molecule has 10 nitrogen and oxygen atoms in total. The molecule has 0 bridgehead atoms. The van der Waals surface area contributed by atoms with E-state index in [1.807, 2.05) is 31.2 Å². The second-order valence-corrected chi connectivity index (χ2v) is 9.38. The molecule has 2 heterocycles. The standard InChI is InChI=1S/C24H33N5O5/c1-17-5-3-4-10-24(17)22(32)29(23(33)26-24)16-21(31)27(2)15-20(30)25-18-6-8-19(9-7-18)28-11-13-34-14-12-28/h6-9,17H,3-5,10-16H2,1-2H3,(H,25,30)(H,26,33). The number of urea groups is 1. The molecule has 1 aromatic carbocycles. The first-order valence-corrected chi connectivity index (χ1v) is 11.9. The zero-order valence-corrected chi connectivity index (χ0v) is 19.8. The molecule has 34 heavy (non-hydrogen) atoms. The smallest absolute Gasteiger partial charge is 0.325 e. The molecule has 2 aliphatic heterocycles. The molecule has 184 valence electrons. The van der Waals surface area contributed by atoms with Gasteiger partial charge in [0, 0.05) is 31.5 Å². The number of benzene rings is 1.